The van der Waals surface area contributed by atoms with Crippen LogP contribution in [-0.4, -0.2) is 32.6 Å². The number of carbonyl (C=O) groups is 1. The molecule has 2 aromatic heterocycles. The lowest BCUT2D eigenvalue weighted by Crippen LogP contribution is -2.29. The quantitative estimate of drug-likeness (QED) is 0.686. The summed E-state index contributed by atoms with van der Waals surface area (Å²) in [5.74, 6) is 1.53. The van der Waals surface area contributed by atoms with Gasteiger partial charge >= 0.3 is 0 Å². The highest BCUT2D eigenvalue weighted by molar-refractivity contribution is 5.94. The molecule has 0 radical (unpaired) electrons. The number of benzene rings is 1. The summed E-state index contributed by atoms with van der Waals surface area (Å²) in [4.78, 5) is 18.7. The third kappa shape index (κ3) is 3.47. The fraction of sp³-hybridized carbons (Fsp3) is 0.316. The first-order valence-electron chi connectivity index (χ1n) is 8.40. The van der Waals surface area contributed by atoms with Crippen LogP contribution in [0, 0.1) is 0 Å². The molecule has 0 saturated carbocycles. The highest BCUT2D eigenvalue weighted by atomic mass is 16.3. The van der Waals surface area contributed by atoms with Crippen LogP contribution in [0.3, 0.4) is 0 Å². The van der Waals surface area contributed by atoms with E-state index in [0.29, 0.717) is 5.56 Å². The zero-order chi connectivity index (χ0) is 17.8. The SMILES string of the molecule is CCCn1ncnc1-c1ccc(C(=O)N(C)[C@H](C)c2ccco2)cc1. The van der Waals surface area contributed by atoms with E-state index >= 15 is 0 Å². The number of hydrogen-bond acceptors (Lipinski definition) is 4. The second kappa shape index (κ2) is 7.34. The van der Waals surface area contributed by atoms with Gasteiger partial charge in [-0.3, -0.25) is 4.79 Å². The zero-order valence-electron chi connectivity index (χ0n) is 14.7. The molecule has 0 fully saturated rings. The van der Waals surface area contributed by atoms with E-state index < -0.39 is 0 Å². The van der Waals surface area contributed by atoms with E-state index in [2.05, 4.69) is 17.0 Å². The topological polar surface area (TPSA) is 64.2 Å². The van der Waals surface area contributed by atoms with E-state index in [0.717, 1.165) is 30.1 Å². The summed E-state index contributed by atoms with van der Waals surface area (Å²) in [5.41, 5.74) is 1.58. The van der Waals surface area contributed by atoms with E-state index in [4.69, 9.17) is 4.42 Å². The Morgan fingerprint density at radius 3 is 2.68 bits per heavy atom. The van der Waals surface area contributed by atoms with E-state index in [1.807, 2.05) is 48.0 Å². The summed E-state index contributed by atoms with van der Waals surface area (Å²) in [6, 6.07) is 11.0. The maximum Gasteiger partial charge on any atom is 0.254 e. The Balaban J connectivity index is 1.77. The Kier molecular flexibility index (Phi) is 4.97. The van der Waals surface area contributed by atoms with Gasteiger partial charge in [-0.2, -0.15) is 5.10 Å². The zero-order valence-corrected chi connectivity index (χ0v) is 14.7. The van der Waals surface area contributed by atoms with Crippen molar-refractivity contribution in [1.82, 2.24) is 19.7 Å². The molecule has 3 rings (SSSR count). The Bertz CT molecular complexity index is 821. The molecular weight excluding hydrogens is 316 g/mol. The lowest BCUT2D eigenvalue weighted by Gasteiger charge is -2.23. The van der Waals surface area contributed by atoms with Gasteiger partial charge in [-0.25, -0.2) is 9.67 Å². The summed E-state index contributed by atoms with van der Waals surface area (Å²) in [6.07, 6.45) is 4.16. The minimum atomic E-state index is -0.130. The van der Waals surface area contributed by atoms with Crippen molar-refractivity contribution in [2.75, 3.05) is 7.05 Å². The van der Waals surface area contributed by atoms with Crippen LogP contribution < -0.4 is 0 Å². The van der Waals surface area contributed by atoms with Crippen LogP contribution in [0.2, 0.25) is 0 Å². The van der Waals surface area contributed by atoms with E-state index in [-0.39, 0.29) is 11.9 Å². The maximum atomic E-state index is 12.7. The molecule has 25 heavy (non-hydrogen) atoms. The largest absolute Gasteiger partial charge is 0.467 e. The summed E-state index contributed by atoms with van der Waals surface area (Å²) in [6.45, 7) is 4.86. The molecule has 1 atom stereocenters. The molecule has 1 amide bonds. The minimum absolute atomic E-state index is 0.0505. The van der Waals surface area contributed by atoms with Crippen LogP contribution in [0.1, 0.15) is 42.4 Å². The molecule has 6 nitrogen and oxygen atoms in total. The van der Waals surface area contributed by atoms with Gasteiger partial charge in [0, 0.05) is 24.7 Å². The number of hydrogen-bond donors (Lipinski definition) is 0. The van der Waals surface area contributed by atoms with Gasteiger partial charge in [0.25, 0.3) is 5.91 Å². The number of aromatic nitrogens is 3. The molecule has 0 saturated heterocycles. The third-order valence-electron chi connectivity index (χ3n) is 4.30. The third-order valence-corrected chi connectivity index (χ3v) is 4.30. The number of rotatable bonds is 6. The van der Waals surface area contributed by atoms with Crippen molar-refractivity contribution in [3.05, 3.63) is 60.3 Å². The fourth-order valence-corrected chi connectivity index (χ4v) is 2.72. The molecule has 0 bridgehead atoms. The number of amides is 1. The van der Waals surface area contributed by atoms with Crippen LogP contribution >= 0.6 is 0 Å². The van der Waals surface area contributed by atoms with Crippen molar-refractivity contribution in [1.29, 1.82) is 0 Å². The van der Waals surface area contributed by atoms with Crippen molar-refractivity contribution in [2.45, 2.75) is 32.9 Å². The Hall–Kier alpha value is -2.89. The lowest BCUT2D eigenvalue weighted by molar-refractivity contribution is 0.0726. The first-order valence-corrected chi connectivity index (χ1v) is 8.40. The van der Waals surface area contributed by atoms with Crippen LogP contribution in [0.4, 0.5) is 0 Å². The van der Waals surface area contributed by atoms with Crippen molar-refractivity contribution in [3.63, 3.8) is 0 Å². The number of carbonyl (C=O) groups excluding carboxylic acids is 1. The summed E-state index contributed by atoms with van der Waals surface area (Å²) >= 11 is 0. The molecule has 0 N–H and O–H groups in total. The van der Waals surface area contributed by atoms with E-state index in [1.165, 1.54) is 0 Å². The van der Waals surface area contributed by atoms with Gasteiger partial charge in [0.15, 0.2) is 5.82 Å². The average Bonchev–Trinajstić information content (AvgIpc) is 3.32. The number of furan rings is 1. The standard InChI is InChI=1S/C19H22N4O2/c1-4-11-23-18(20-13-21-23)15-7-9-16(10-8-15)19(24)22(3)14(2)17-6-5-12-25-17/h5-10,12-14H,4,11H2,1-3H3/t14-/m1/s1. The molecule has 130 valence electrons. The first kappa shape index (κ1) is 17.0. The number of aryl methyl sites for hydroxylation is 1. The average molecular weight is 338 g/mol. The van der Waals surface area contributed by atoms with Crippen molar-refractivity contribution < 1.29 is 9.21 Å². The summed E-state index contributed by atoms with van der Waals surface area (Å²) < 4.78 is 7.27. The van der Waals surface area contributed by atoms with Gasteiger partial charge in [0.1, 0.15) is 12.1 Å². The number of nitrogens with zero attached hydrogens (tertiary/aromatic N) is 4. The highest BCUT2D eigenvalue weighted by Crippen LogP contribution is 2.22. The molecule has 0 aliphatic rings. The molecule has 6 heteroatoms. The normalized spacial score (nSPS) is 12.1. The second-order valence-corrected chi connectivity index (χ2v) is 5.99. The first-order chi connectivity index (χ1) is 12.1. The van der Waals surface area contributed by atoms with Crippen molar-refractivity contribution in [3.8, 4) is 11.4 Å². The lowest BCUT2D eigenvalue weighted by atomic mass is 10.1. The van der Waals surface area contributed by atoms with Gasteiger partial charge in [-0.05, 0) is 37.6 Å². The van der Waals surface area contributed by atoms with Crippen LogP contribution in [-0.2, 0) is 6.54 Å². The Morgan fingerprint density at radius 2 is 2.04 bits per heavy atom. The van der Waals surface area contributed by atoms with Crippen LogP contribution in [0.15, 0.2) is 53.4 Å². The molecule has 0 unspecified atom stereocenters. The molecule has 0 spiro atoms. The van der Waals surface area contributed by atoms with Crippen LogP contribution in [0.25, 0.3) is 11.4 Å². The molecular formula is C19H22N4O2. The van der Waals surface area contributed by atoms with Gasteiger partial charge in [0.05, 0.1) is 12.3 Å². The predicted molar refractivity (Wildman–Crippen MR) is 95.0 cm³/mol. The highest BCUT2D eigenvalue weighted by Gasteiger charge is 2.21. The van der Waals surface area contributed by atoms with E-state index in [9.17, 15) is 4.79 Å². The van der Waals surface area contributed by atoms with E-state index in [1.54, 1.807) is 24.5 Å². The van der Waals surface area contributed by atoms with Crippen molar-refractivity contribution in [2.24, 2.45) is 0 Å². The van der Waals surface area contributed by atoms with Crippen LogP contribution in [0.5, 0.6) is 0 Å². The second-order valence-electron chi connectivity index (χ2n) is 5.99. The molecule has 0 aliphatic heterocycles. The smallest absolute Gasteiger partial charge is 0.254 e. The monoisotopic (exact) mass is 338 g/mol. The summed E-state index contributed by atoms with van der Waals surface area (Å²) in [7, 11) is 1.78. The molecule has 3 aromatic rings. The fourth-order valence-electron chi connectivity index (χ4n) is 2.72. The molecule has 2 heterocycles. The Morgan fingerprint density at radius 1 is 1.28 bits per heavy atom. The predicted octanol–water partition coefficient (Wildman–Crippen LogP) is 3.78. The van der Waals surface area contributed by atoms with Gasteiger partial charge in [-0.15, -0.1) is 0 Å². The maximum absolute atomic E-state index is 12.7. The molecule has 1 aromatic carbocycles. The Labute approximate surface area is 147 Å². The van der Waals surface area contributed by atoms with Gasteiger partial charge < -0.3 is 9.32 Å². The minimum Gasteiger partial charge on any atom is -0.467 e. The van der Waals surface area contributed by atoms with Crippen molar-refractivity contribution >= 4 is 5.91 Å². The molecule has 0 aliphatic carbocycles. The van der Waals surface area contributed by atoms with Gasteiger partial charge in [-0.1, -0.05) is 19.1 Å². The summed E-state index contributed by atoms with van der Waals surface area (Å²) in [5, 5.41) is 4.24. The van der Waals surface area contributed by atoms with Gasteiger partial charge in [0.2, 0.25) is 0 Å².